The maximum atomic E-state index is 12.9. The van der Waals surface area contributed by atoms with Crippen LogP contribution < -0.4 is 5.32 Å². The lowest BCUT2D eigenvalue weighted by Crippen LogP contribution is -2.44. The Morgan fingerprint density at radius 2 is 1.84 bits per heavy atom. The van der Waals surface area contributed by atoms with Gasteiger partial charge in [-0.05, 0) is 42.9 Å². The molecule has 1 aliphatic heterocycles. The average molecular weight is 432 g/mol. The van der Waals surface area contributed by atoms with Crippen LogP contribution in [-0.2, 0) is 16.0 Å². The van der Waals surface area contributed by atoms with Gasteiger partial charge in [-0.2, -0.15) is 0 Å². The molecule has 32 heavy (non-hydrogen) atoms. The van der Waals surface area contributed by atoms with Gasteiger partial charge in [0.1, 0.15) is 12.0 Å². The molecule has 3 aromatic rings. The number of amides is 2. The minimum absolute atomic E-state index is 0.0282. The van der Waals surface area contributed by atoms with Crippen molar-refractivity contribution in [2.75, 3.05) is 7.05 Å². The van der Waals surface area contributed by atoms with E-state index in [4.69, 9.17) is 4.52 Å². The summed E-state index contributed by atoms with van der Waals surface area (Å²) in [4.78, 5) is 26.7. The normalized spacial score (nSPS) is 18.9. The fourth-order valence-electron chi connectivity index (χ4n) is 4.39. The smallest absolute Gasteiger partial charge is 0.222 e. The van der Waals surface area contributed by atoms with Crippen LogP contribution in [0.25, 0.3) is 11.1 Å². The van der Waals surface area contributed by atoms with E-state index in [2.05, 4.69) is 46.9 Å². The molecule has 0 spiro atoms. The first-order chi connectivity index (χ1) is 15.5. The highest BCUT2D eigenvalue weighted by Gasteiger charge is 2.38. The Morgan fingerprint density at radius 1 is 1.12 bits per heavy atom. The minimum atomic E-state index is -0.390. The van der Waals surface area contributed by atoms with Gasteiger partial charge in [-0.25, -0.2) is 0 Å². The molecule has 0 radical (unpaired) electrons. The largest absolute Gasteiger partial charge is 0.364 e. The number of nitrogens with zero attached hydrogens (tertiary/aromatic N) is 2. The molecule has 0 bridgehead atoms. The van der Waals surface area contributed by atoms with Crippen molar-refractivity contribution in [1.29, 1.82) is 0 Å². The molecule has 0 aliphatic carbocycles. The summed E-state index contributed by atoms with van der Waals surface area (Å²) >= 11 is 0. The predicted octanol–water partition coefficient (Wildman–Crippen LogP) is 4.53. The first-order valence-corrected chi connectivity index (χ1v) is 11.1. The van der Waals surface area contributed by atoms with Crippen LogP contribution in [0.4, 0.5) is 0 Å². The number of hydrogen-bond acceptors (Lipinski definition) is 4. The molecule has 2 heterocycles. The molecule has 4 rings (SSSR count). The zero-order chi connectivity index (χ0) is 22.6. The van der Waals surface area contributed by atoms with E-state index in [1.807, 2.05) is 25.1 Å². The zero-order valence-electron chi connectivity index (χ0n) is 18.6. The maximum absolute atomic E-state index is 12.9. The molecule has 0 unspecified atom stereocenters. The number of aromatic nitrogens is 1. The van der Waals surface area contributed by atoms with E-state index >= 15 is 0 Å². The molecule has 1 aliphatic rings. The summed E-state index contributed by atoms with van der Waals surface area (Å²) in [6.45, 7) is 1.93. The number of carbonyl (C=O) groups is 2. The molecule has 6 nitrogen and oxygen atoms in total. The van der Waals surface area contributed by atoms with Crippen LogP contribution in [0.1, 0.15) is 49.9 Å². The Kier molecular flexibility index (Phi) is 6.40. The maximum Gasteiger partial charge on any atom is 0.222 e. The zero-order valence-corrected chi connectivity index (χ0v) is 18.6. The number of hydrogen-bond donors (Lipinski definition) is 1. The van der Waals surface area contributed by atoms with Crippen molar-refractivity contribution in [3.63, 3.8) is 0 Å². The fraction of sp³-hybridized carbons (Fsp3) is 0.346. The van der Waals surface area contributed by atoms with E-state index in [0.717, 1.165) is 23.2 Å². The molecule has 2 aromatic carbocycles. The molecule has 6 heteroatoms. The Morgan fingerprint density at radius 3 is 2.47 bits per heavy atom. The second-order valence-corrected chi connectivity index (χ2v) is 8.67. The van der Waals surface area contributed by atoms with Crippen LogP contribution >= 0.6 is 0 Å². The summed E-state index contributed by atoms with van der Waals surface area (Å²) in [5, 5.41) is 7.12. The summed E-state index contributed by atoms with van der Waals surface area (Å²) in [6.07, 6.45) is 4.43. The number of carbonyl (C=O) groups excluding carboxylic acids is 2. The first-order valence-electron chi connectivity index (χ1n) is 11.1. The van der Waals surface area contributed by atoms with Gasteiger partial charge in [0, 0.05) is 31.5 Å². The van der Waals surface area contributed by atoms with Crippen molar-refractivity contribution in [1.82, 2.24) is 15.4 Å². The Hall–Kier alpha value is -3.41. The molecular weight excluding hydrogens is 402 g/mol. The third-order valence-corrected chi connectivity index (χ3v) is 6.52. The van der Waals surface area contributed by atoms with E-state index in [9.17, 15) is 9.59 Å². The SMILES string of the molecule is C[C@@H](c1ccon1)N(C)C(=O)CC[C@]1(Cc2ccc(-c3ccccc3)cc2)CCC(=O)N1. The molecule has 1 aromatic heterocycles. The standard InChI is InChI=1S/C26H29N3O3/c1-19(23-14-17-32-28-23)29(2)25(31)13-16-26(15-12-24(30)27-26)18-20-8-10-22(11-9-20)21-6-4-3-5-7-21/h3-11,14,17,19H,12-13,15-16,18H2,1-2H3,(H,27,30)/t19-,26-/m0/s1. The molecule has 166 valence electrons. The van der Waals surface area contributed by atoms with E-state index in [0.29, 0.717) is 25.7 Å². The quantitative estimate of drug-likeness (QED) is 0.568. The van der Waals surface area contributed by atoms with Crippen LogP contribution in [0.15, 0.2) is 71.4 Å². The van der Waals surface area contributed by atoms with Crippen molar-refractivity contribution < 1.29 is 14.1 Å². The lowest BCUT2D eigenvalue weighted by Gasteiger charge is -2.31. The van der Waals surface area contributed by atoms with Gasteiger partial charge in [-0.15, -0.1) is 0 Å². The number of nitrogens with one attached hydrogen (secondary N) is 1. The van der Waals surface area contributed by atoms with E-state index < -0.39 is 0 Å². The van der Waals surface area contributed by atoms with Crippen molar-refractivity contribution in [3.05, 3.63) is 78.2 Å². The molecule has 2 atom stereocenters. The van der Waals surface area contributed by atoms with E-state index in [-0.39, 0.29) is 23.4 Å². The third-order valence-electron chi connectivity index (χ3n) is 6.52. The van der Waals surface area contributed by atoms with Gasteiger partial charge in [-0.1, -0.05) is 59.8 Å². The van der Waals surface area contributed by atoms with Gasteiger partial charge in [0.05, 0.1) is 6.04 Å². The van der Waals surface area contributed by atoms with Crippen LogP contribution in [0, 0.1) is 0 Å². The second kappa shape index (κ2) is 9.39. The van der Waals surface area contributed by atoms with Crippen LogP contribution in [0.2, 0.25) is 0 Å². The Bertz CT molecular complexity index is 1050. The van der Waals surface area contributed by atoms with Crippen molar-refractivity contribution >= 4 is 11.8 Å². The summed E-state index contributed by atoms with van der Waals surface area (Å²) in [6, 6.07) is 20.3. The predicted molar refractivity (Wildman–Crippen MR) is 123 cm³/mol. The number of benzene rings is 2. The Labute approximate surface area is 188 Å². The summed E-state index contributed by atoms with van der Waals surface area (Å²) < 4.78 is 4.90. The van der Waals surface area contributed by atoms with Crippen molar-refractivity contribution in [3.8, 4) is 11.1 Å². The molecule has 1 N–H and O–H groups in total. The fourth-order valence-corrected chi connectivity index (χ4v) is 4.39. The molecule has 1 saturated heterocycles. The monoisotopic (exact) mass is 431 g/mol. The lowest BCUT2D eigenvalue weighted by molar-refractivity contribution is -0.132. The van der Waals surface area contributed by atoms with Gasteiger partial charge in [0.2, 0.25) is 11.8 Å². The summed E-state index contributed by atoms with van der Waals surface area (Å²) in [5.41, 5.74) is 3.83. The van der Waals surface area contributed by atoms with Gasteiger partial charge < -0.3 is 14.7 Å². The Balaban J connectivity index is 1.42. The average Bonchev–Trinajstić information content (AvgIpc) is 3.48. The topological polar surface area (TPSA) is 75.4 Å². The van der Waals surface area contributed by atoms with Crippen LogP contribution in [-0.4, -0.2) is 34.5 Å². The van der Waals surface area contributed by atoms with Gasteiger partial charge in [-0.3, -0.25) is 9.59 Å². The van der Waals surface area contributed by atoms with Gasteiger partial charge in [0.15, 0.2) is 0 Å². The second-order valence-electron chi connectivity index (χ2n) is 8.67. The van der Waals surface area contributed by atoms with E-state index in [1.54, 1.807) is 18.0 Å². The van der Waals surface area contributed by atoms with Crippen molar-refractivity contribution in [2.45, 2.75) is 50.6 Å². The van der Waals surface area contributed by atoms with Crippen LogP contribution in [0.3, 0.4) is 0 Å². The van der Waals surface area contributed by atoms with Crippen LogP contribution in [0.5, 0.6) is 0 Å². The highest BCUT2D eigenvalue weighted by Crippen LogP contribution is 2.31. The summed E-state index contributed by atoms with van der Waals surface area (Å²) in [7, 11) is 1.78. The highest BCUT2D eigenvalue weighted by atomic mass is 16.5. The molecule has 1 fully saturated rings. The van der Waals surface area contributed by atoms with Crippen molar-refractivity contribution in [2.24, 2.45) is 0 Å². The van der Waals surface area contributed by atoms with E-state index in [1.165, 1.54) is 11.8 Å². The summed E-state index contributed by atoms with van der Waals surface area (Å²) in [5.74, 6) is 0.0862. The minimum Gasteiger partial charge on any atom is -0.364 e. The number of rotatable bonds is 8. The third kappa shape index (κ3) is 4.90. The molecule has 0 saturated carbocycles. The molecule has 2 amide bonds. The highest BCUT2D eigenvalue weighted by molar-refractivity contribution is 5.80. The first kappa shape index (κ1) is 21.8. The van der Waals surface area contributed by atoms with Gasteiger partial charge in [0.25, 0.3) is 0 Å². The lowest BCUT2D eigenvalue weighted by atomic mass is 9.84. The molecular formula is C26H29N3O3. The van der Waals surface area contributed by atoms with Gasteiger partial charge >= 0.3 is 0 Å².